The lowest BCUT2D eigenvalue weighted by molar-refractivity contribution is -0.138. The van der Waals surface area contributed by atoms with E-state index in [0.29, 0.717) is 5.56 Å². The summed E-state index contributed by atoms with van der Waals surface area (Å²) in [7, 11) is -4.51. The van der Waals surface area contributed by atoms with Crippen molar-refractivity contribution in [1.29, 1.82) is 0 Å². The Bertz CT molecular complexity index is 813. The molecule has 126 valence electrons. The fourth-order valence-corrected chi connectivity index (χ4v) is 2.98. The first kappa shape index (κ1) is 17.3. The molecule has 1 aromatic carbocycles. The second kappa shape index (κ2) is 5.84. The molecule has 0 aliphatic heterocycles. The zero-order chi connectivity index (χ0) is 17.4. The van der Waals surface area contributed by atoms with Crippen molar-refractivity contribution < 1.29 is 25.8 Å². The van der Waals surface area contributed by atoms with E-state index in [1.165, 1.54) is 13.0 Å². The summed E-state index contributed by atoms with van der Waals surface area (Å²) in [5, 5.41) is 6.65. The third-order valence-electron chi connectivity index (χ3n) is 2.93. The number of nitrogens with zero attached hydrogens (tertiary/aromatic N) is 3. The highest BCUT2D eigenvalue weighted by atomic mass is 32.2. The van der Waals surface area contributed by atoms with E-state index in [2.05, 4.69) is 10.3 Å². The van der Waals surface area contributed by atoms with Gasteiger partial charge >= 0.3 is 16.3 Å². The van der Waals surface area contributed by atoms with Crippen LogP contribution in [0.5, 0.6) is 5.75 Å². The molecule has 0 N–H and O–H groups in total. The van der Waals surface area contributed by atoms with Gasteiger partial charge in [-0.05, 0) is 38.5 Å². The van der Waals surface area contributed by atoms with E-state index < -0.39 is 32.6 Å². The van der Waals surface area contributed by atoms with Gasteiger partial charge in [0.15, 0.2) is 5.75 Å². The third kappa shape index (κ3) is 3.63. The average Bonchev–Trinajstić information content (AvgIpc) is 2.86. The van der Waals surface area contributed by atoms with Crippen LogP contribution >= 0.6 is 0 Å². The molecule has 0 saturated carbocycles. The summed E-state index contributed by atoms with van der Waals surface area (Å²) in [4.78, 5) is 0. The Morgan fingerprint density at radius 2 is 1.91 bits per heavy atom. The third-order valence-corrected chi connectivity index (χ3v) is 4.13. The molecule has 23 heavy (non-hydrogen) atoms. The van der Waals surface area contributed by atoms with Crippen LogP contribution in [0.25, 0.3) is 0 Å². The van der Waals surface area contributed by atoms with Gasteiger partial charge in [-0.1, -0.05) is 11.3 Å². The lowest BCUT2D eigenvalue weighted by Crippen LogP contribution is -2.19. The van der Waals surface area contributed by atoms with Crippen LogP contribution in [0.1, 0.15) is 31.0 Å². The predicted molar refractivity (Wildman–Crippen MR) is 74.4 cm³/mol. The number of alkyl halides is 3. The summed E-state index contributed by atoms with van der Waals surface area (Å²) in [5.41, 5.74) is -0.742. The maximum atomic E-state index is 13.0. The smallest absolute Gasteiger partial charge is 0.377 e. The Kier molecular flexibility index (Phi) is 4.38. The first-order valence-electron chi connectivity index (χ1n) is 6.55. The lowest BCUT2D eigenvalue weighted by atomic mass is 10.1. The molecule has 0 fully saturated rings. The van der Waals surface area contributed by atoms with Gasteiger partial charge in [-0.15, -0.1) is 5.10 Å². The van der Waals surface area contributed by atoms with Crippen molar-refractivity contribution in [3.05, 3.63) is 35.5 Å². The molecule has 6 nitrogen and oxygen atoms in total. The average molecular weight is 349 g/mol. The van der Waals surface area contributed by atoms with E-state index in [1.807, 2.05) is 0 Å². The van der Waals surface area contributed by atoms with Crippen molar-refractivity contribution in [2.24, 2.45) is 0 Å². The minimum absolute atomic E-state index is 0.356. The van der Waals surface area contributed by atoms with Gasteiger partial charge in [0.2, 0.25) is 5.03 Å². The lowest BCUT2D eigenvalue weighted by Gasteiger charge is -2.15. The molecule has 2 aromatic rings. The van der Waals surface area contributed by atoms with Crippen LogP contribution in [0.2, 0.25) is 0 Å². The molecule has 0 radical (unpaired) electrons. The van der Waals surface area contributed by atoms with E-state index in [9.17, 15) is 21.6 Å². The molecule has 0 saturated heterocycles. The second-order valence-corrected chi connectivity index (χ2v) is 6.64. The van der Waals surface area contributed by atoms with Gasteiger partial charge in [-0.2, -0.15) is 21.6 Å². The van der Waals surface area contributed by atoms with Gasteiger partial charge in [-0.3, -0.25) is 0 Å². The quantitative estimate of drug-likeness (QED) is 0.794. The highest BCUT2D eigenvalue weighted by Crippen LogP contribution is 2.37. The molecule has 1 aromatic heterocycles. The molecule has 1 heterocycles. The SMILES string of the molecule is Cc1ccc(C(F)(F)F)c(OS(=O)(=O)c2cnnn2C(C)C)c1. The highest BCUT2D eigenvalue weighted by molar-refractivity contribution is 7.87. The van der Waals surface area contributed by atoms with E-state index in [-0.39, 0.29) is 6.04 Å². The summed E-state index contributed by atoms with van der Waals surface area (Å²) in [6, 6.07) is 2.66. The van der Waals surface area contributed by atoms with Crippen LogP contribution in [0, 0.1) is 6.92 Å². The second-order valence-electron chi connectivity index (χ2n) is 5.15. The molecule has 0 atom stereocenters. The van der Waals surface area contributed by atoms with E-state index in [4.69, 9.17) is 4.18 Å². The van der Waals surface area contributed by atoms with Gasteiger partial charge in [-0.25, -0.2) is 4.68 Å². The topological polar surface area (TPSA) is 74.1 Å². The first-order chi connectivity index (χ1) is 10.5. The van der Waals surface area contributed by atoms with Crippen molar-refractivity contribution in [3.63, 3.8) is 0 Å². The number of rotatable bonds is 4. The van der Waals surface area contributed by atoms with Crippen molar-refractivity contribution in [1.82, 2.24) is 15.0 Å². The van der Waals surface area contributed by atoms with Crippen LogP contribution < -0.4 is 4.18 Å². The highest BCUT2D eigenvalue weighted by Gasteiger charge is 2.36. The van der Waals surface area contributed by atoms with Crippen LogP contribution in [0.15, 0.2) is 29.4 Å². The Hall–Kier alpha value is -2.10. The van der Waals surface area contributed by atoms with Gasteiger partial charge in [0, 0.05) is 6.04 Å². The van der Waals surface area contributed by atoms with Crippen molar-refractivity contribution in [2.75, 3.05) is 0 Å². The van der Waals surface area contributed by atoms with Crippen LogP contribution in [0.3, 0.4) is 0 Å². The Labute approximate surface area is 131 Å². The summed E-state index contributed by atoms with van der Waals surface area (Å²) in [6.45, 7) is 4.84. The van der Waals surface area contributed by atoms with Gasteiger partial charge in [0.1, 0.15) is 0 Å². The predicted octanol–water partition coefficient (Wildman–Crippen LogP) is 2.95. The van der Waals surface area contributed by atoms with Gasteiger partial charge < -0.3 is 4.18 Å². The summed E-state index contributed by atoms with van der Waals surface area (Å²) in [5.74, 6) is -0.783. The zero-order valence-corrected chi connectivity index (χ0v) is 13.3. The zero-order valence-electron chi connectivity index (χ0n) is 12.5. The van der Waals surface area contributed by atoms with Crippen LogP contribution in [0.4, 0.5) is 13.2 Å². The molecule has 0 spiro atoms. The standard InChI is InChI=1S/C13H14F3N3O3S/c1-8(2)19-12(7-17-18-19)23(20,21)22-11-6-9(3)4-5-10(11)13(14,15)16/h4-8H,1-3H3. The first-order valence-corrected chi connectivity index (χ1v) is 7.95. The summed E-state index contributed by atoms with van der Waals surface area (Å²) in [6.07, 6.45) is -3.81. The van der Waals surface area contributed by atoms with Crippen molar-refractivity contribution >= 4 is 10.1 Å². The number of hydrogen-bond donors (Lipinski definition) is 0. The molecule has 0 aliphatic rings. The molecular weight excluding hydrogens is 335 g/mol. The van der Waals surface area contributed by atoms with Gasteiger partial charge in [0.25, 0.3) is 0 Å². The van der Waals surface area contributed by atoms with Crippen LogP contribution in [-0.4, -0.2) is 23.4 Å². The minimum Gasteiger partial charge on any atom is -0.377 e. The van der Waals surface area contributed by atoms with E-state index in [1.54, 1.807) is 13.8 Å². The molecule has 0 bridgehead atoms. The number of aryl methyl sites for hydroxylation is 1. The van der Waals surface area contributed by atoms with Crippen molar-refractivity contribution in [3.8, 4) is 5.75 Å². The molecule has 10 heteroatoms. The number of hydrogen-bond acceptors (Lipinski definition) is 5. The van der Waals surface area contributed by atoms with E-state index in [0.717, 1.165) is 23.0 Å². The monoisotopic (exact) mass is 349 g/mol. The fourth-order valence-electron chi connectivity index (χ4n) is 1.86. The number of halogens is 3. The maximum absolute atomic E-state index is 13.0. The molecule has 2 rings (SSSR count). The number of aromatic nitrogens is 3. The Morgan fingerprint density at radius 1 is 1.26 bits per heavy atom. The minimum atomic E-state index is -4.74. The van der Waals surface area contributed by atoms with Crippen molar-refractivity contribution in [2.45, 2.75) is 38.0 Å². The summed E-state index contributed by atoms with van der Waals surface area (Å²) >= 11 is 0. The normalized spacial score (nSPS) is 12.7. The Balaban J connectivity index is 2.50. The molecule has 0 aliphatic carbocycles. The maximum Gasteiger partial charge on any atom is 0.420 e. The molecule has 0 amide bonds. The fraction of sp³-hybridized carbons (Fsp3) is 0.385. The van der Waals surface area contributed by atoms with E-state index >= 15 is 0 Å². The Morgan fingerprint density at radius 3 is 2.48 bits per heavy atom. The largest absolute Gasteiger partial charge is 0.420 e. The van der Waals surface area contributed by atoms with Gasteiger partial charge in [0.05, 0.1) is 11.8 Å². The molecule has 0 unspecified atom stereocenters. The number of benzene rings is 1. The molecular formula is C13H14F3N3O3S. The summed E-state index contributed by atoms with van der Waals surface area (Å²) < 4.78 is 69.4. The van der Waals surface area contributed by atoms with Crippen LogP contribution in [-0.2, 0) is 16.3 Å².